The minimum absolute atomic E-state index is 0.0650. The Bertz CT molecular complexity index is 433. The fraction of sp³-hybridized carbons (Fsp3) is 0.500. The smallest absolute Gasteiger partial charge is 0.255 e. The highest BCUT2D eigenvalue weighted by atomic mass is 35.5. The van der Waals surface area contributed by atoms with Crippen molar-refractivity contribution in [2.75, 3.05) is 38.2 Å². The van der Waals surface area contributed by atoms with Crippen molar-refractivity contribution in [3.8, 4) is 0 Å². The van der Waals surface area contributed by atoms with Gasteiger partial charge in [0.05, 0.1) is 23.8 Å². The number of hydrogen-bond acceptors (Lipinski definition) is 4. The van der Waals surface area contributed by atoms with Crippen molar-refractivity contribution in [1.29, 1.82) is 0 Å². The predicted molar refractivity (Wildman–Crippen MR) is 70.1 cm³/mol. The van der Waals surface area contributed by atoms with Crippen LogP contribution in [0.2, 0.25) is 5.02 Å². The predicted octanol–water partition coefficient (Wildman–Crippen LogP) is 1.64. The van der Waals surface area contributed by atoms with Gasteiger partial charge in [-0.1, -0.05) is 11.6 Å². The van der Waals surface area contributed by atoms with Crippen LogP contribution in [0.15, 0.2) is 12.3 Å². The summed E-state index contributed by atoms with van der Waals surface area (Å²) >= 11 is 6.04. The van der Waals surface area contributed by atoms with E-state index >= 15 is 0 Å². The fourth-order valence-corrected chi connectivity index (χ4v) is 2.00. The summed E-state index contributed by atoms with van der Waals surface area (Å²) in [5.41, 5.74) is 0.490. The number of aromatic nitrogens is 1. The third-order valence-corrected chi connectivity index (χ3v) is 3.04. The number of hydrogen-bond donors (Lipinski definition) is 1. The first-order chi connectivity index (χ1) is 8.72. The summed E-state index contributed by atoms with van der Waals surface area (Å²) in [5.74, 6) is 0.600. The van der Waals surface area contributed by atoms with Gasteiger partial charge in [-0.25, -0.2) is 4.98 Å². The van der Waals surface area contributed by atoms with Gasteiger partial charge in [0.15, 0.2) is 0 Å². The van der Waals surface area contributed by atoms with E-state index < -0.39 is 0 Å². The highest BCUT2D eigenvalue weighted by Crippen LogP contribution is 2.20. The Morgan fingerprint density at radius 2 is 2.28 bits per heavy atom. The second kappa shape index (κ2) is 6.02. The highest BCUT2D eigenvalue weighted by Gasteiger charge is 2.21. The number of amides is 1. The molecule has 1 aliphatic rings. The third kappa shape index (κ3) is 2.91. The van der Waals surface area contributed by atoms with E-state index in [0.717, 1.165) is 6.54 Å². The van der Waals surface area contributed by atoms with Crippen molar-refractivity contribution in [1.82, 2.24) is 9.88 Å². The number of nitrogens with zero attached hydrogens (tertiary/aromatic N) is 2. The number of anilines is 1. The highest BCUT2D eigenvalue weighted by molar-refractivity contribution is 6.33. The number of morpholine rings is 1. The van der Waals surface area contributed by atoms with Gasteiger partial charge in [0.1, 0.15) is 5.82 Å². The summed E-state index contributed by atoms with van der Waals surface area (Å²) in [6.07, 6.45) is 1.51. The number of nitrogens with one attached hydrogen (secondary N) is 1. The average Bonchev–Trinajstić information content (AvgIpc) is 2.41. The van der Waals surface area contributed by atoms with Gasteiger partial charge in [-0.2, -0.15) is 0 Å². The molecule has 1 aliphatic heterocycles. The number of carbonyl (C=O) groups is 1. The zero-order chi connectivity index (χ0) is 13.0. The summed E-state index contributed by atoms with van der Waals surface area (Å²) in [5, 5.41) is 3.45. The van der Waals surface area contributed by atoms with Gasteiger partial charge in [0.2, 0.25) is 0 Å². The van der Waals surface area contributed by atoms with E-state index in [1.807, 2.05) is 6.92 Å². The Morgan fingerprint density at radius 1 is 1.56 bits per heavy atom. The summed E-state index contributed by atoms with van der Waals surface area (Å²) < 4.78 is 5.23. The van der Waals surface area contributed by atoms with E-state index in [1.54, 1.807) is 11.0 Å². The average molecular weight is 270 g/mol. The summed E-state index contributed by atoms with van der Waals surface area (Å²) in [4.78, 5) is 18.2. The van der Waals surface area contributed by atoms with Crippen molar-refractivity contribution >= 4 is 23.3 Å². The van der Waals surface area contributed by atoms with E-state index in [4.69, 9.17) is 16.3 Å². The van der Waals surface area contributed by atoms with E-state index in [0.29, 0.717) is 42.7 Å². The number of rotatable bonds is 3. The number of pyridine rings is 1. The van der Waals surface area contributed by atoms with Crippen LogP contribution in [-0.4, -0.2) is 48.6 Å². The van der Waals surface area contributed by atoms with Crippen molar-refractivity contribution in [3.63, 3.8) is 0 Å². The summed E-state index contributed by atoms with van der Waals surface area (Å²) in [7, 11) is 0. The Kier molecular flexibility index (Phi) is 4.38. The monoisotopic (exact) mass is 269 g/mol. The molecule has 0 aromatic carbocycles. The van der Waals surface area contributed by atoms with Gasteiger partial charge in [-0.3, -0.25) is 4.79 Å². The molecular weight excluding hydrogens is 254 g/mol. The first-order valence-electron chi connectivity index (χ1n) is 5.99. The van der Waals surface area contributed by atoms with Crippen molar-refractivity contribution in [2.45, 2.75) is 6.92 Å². The number of carbonyl (C=O) groups excluding carboxylic acids is 1. The van der Waals surface area contributed by atoms with Crippen LogP contribution in [0, 0.1) is 0 Å². The number of ether oxygens (including phenoxy) is 1. The Morgan fingerprint density at radius 3 is 2.94 bits per heavy atom. The molecule has 1 aromatic heterocycles. The van der Waals surface area contributed by atoms with Gasteiger partial charge >= 0.3 is 0 Å². The molecule has 1 aromatic rings. The maximum absolute atomic E-state index is 12.3. The standard InChI is InChI=1S/C12H16ClN3O2/c1-2-14-11-7-9(10(13)8-15-11)12(17)16-3-5-18-6-4-16/h7-8H,2-6H2,1H3,(H,14,15). The van der Waals surface area contributed by atoms with Crippen molar-refractivity contribution < 1.29 is 9.53 Å². The van der Waals surface area contributed by atoms with Gasteiger partial charge in [0.25, 0.3) is 5.91 Å². The largest absolute Gasteiger partial charge is 0.378 e. The van der Waals surface area contributed by atoms with Crippen LogP contribution in [0.3, 0.4) is 0 Å². The minimum Gasteiger partial charge on any atom is -0.378 e. The normalized spacial score (nSPS) is 15.6. The molecule has 5 nitrogen and oxygen atoms in total. The first-order valence-corrected chi connectivity index (χ1v) is 6.36. The Balaban J connectivity index is 2.19. The lowest BCUT2D eigenvalue weighted by molar-refractivity contribution is 0.0303. The first kappa shape index (κ1) is 13.1. The second-order valence-corrected chi connectivity index (χ2v) is 4.39. The van der Waals surface area contributed by atoms with E-state index in [2.05, 4.69) is 10.3 Å². The quantitative estimate of drug-likeness (QED) is 0.906. The topological polar surface area (TPSA) is 54.5 Å². The lowest BCUT2D eigenvalue weighted by Gasteiger charge is -2.27. The molecule has 0 atom stereocenters. The zero-order valence-corrected chi connectivity index (χ0v) is 11.0. The van der Waals surface area contributed by atoms with Gasteiger partial charge < -0.3 is 15.0 Å². The summed E-state index contributed by atoms with van der Waals surface area (Å²) in [6.45, 7) is 5.09. The van der Waals surface area contributed by atoms with E-state index in [1.165, 1.54) is 6.20 Å². The molecule has 0 spiro atoms. The molecule has 18 heavy (non-hydrogen) atoms. The minimum atomic E-state index is -0.0650. The molecule has 1 amide bonds. The third-order valence-electron chi connectivity index (χ3n) is 2.74. The SMILES string of the molecule is CCNc1cc(C(=O)N2CCOCC2)c(Cl)cn1. The van der Waals surface area contributed by atoms with Gasteiger partial charge in [0, 0.05) is 25.8 Å². The molecule has 1 fully saturated rings. The second-order valence-electron chi connectivity index (χ2n) is 3.98. The molecule has 1 saturated heterocycles. The van der Waals surface area contributed by atoms with Crippen LogP contribution in [0.4, 0.5) is 5.82 Å². The molecule has 0 saturated carbocycles. The van der Waals surface area contributed by atoms with Crippen molar-refractivity contribution in [3.05, 3.63) is 22.8 Å². The van der Waals surface area contributed by atoms with E-state index in [-0.39, 0.29) is 5.91 Å². The molecule has 2 rings (SSSR count). The molecule has 0 bridgehead atoms. The molecule has 0 unspecified atom stereocenters. The molecule has 0 radical (unpaired) electrons. The maximum atomic E-state index is 12.3. The maximum Gasteiger partial charge on any atom is 0.255 e. The molecule has 2 heterocycles. The zero-order valence-electron chi connectivity index (χ0n) is 10.3. The van der Waals surface area contributed by atoms with Crippen LogP contribution in [0.1, 0.15) is 17.3 Å². The molecular formula is C12H16ClN3O2. The van der Waals surface area contributed by atoms with Crippen LogP contribution in [0.25, 0.3) is 0 Å². The Hall–Kier alpha value is -1.33. The molecule has 1 N–H and O–H groups in total. The van der Waals surface area contributed by atoms with Crippen LogP contribution in [-0.2, 0) is 4.74 Å². The van der Waals surface area contributed by atoms with Gasteiger partial charge in [-0.05, 0) is 13.0 Å². The van der Waals surface area contributed by atoms with Crippen LogP contribution < -0.4 is 5.32 Å². The molecule has 0 aliphatic carbocycles. The fourth-order valence-electron chi connectivity index (χ4n) is 1.82. The van der Waals surface area contributed by atoms with E-state index in [9.17, 15) is 4.79 Å². The van der Waals surface area contributed by atoms with Gasteiger partial charge in [-0.15, -0.1) is 0 Å². The summed E-state index contributed by atoms with van der Waals surface area (Å²) in [6, 6.07) is 1.70. The molecule has 98 valence electrons. The lowest BCUT2D eigenvalue weighted by atomic mass is 10.2. The number of halogens is 1. The van der Waals surface area contributed by atoms with Crippen LogP contribution >= 0.6 is 11.6 Å². The Labute approximate surface area is 111 Å². The van der Waals surface area contributed by atoms with Crippen LogP contribution in [0.5, 0.6) is 0 Å². The molecule has 6 heteroatoms. The van der Waals surface area contributed by atoms with Crippen molar-refractivity contribution in [2.24, 2.45) is 0 Å². The lowest BCUT2D eigenvalue weighted by Crippen LogP contribution is -2.40.